The molecular formula is C14H13NO2. The van der Waals surface area contributed by atoms with Gasteiger partial charge in [-0.15, -0.1) is 0 Å². The lowest BCUT2D eigenvalue weighted by atomic mass is 10.1. The van der Waals surface area contributed by atoms with Crippen LogP contribution in [-0.4, -0.2) is 11.3 Å². The number of rotatable bonds is 4. The number of hydrogen-bond donors (Lipinski definition) is 0. The predicted molar refractivity (Wildman–Crippen MR) is 65.1 cm³/mol. The summed E-state index contributed by atoms with van der Waals surface area (Å²) in [6, 6.07) is 13.3. The molecule has 3 nitrogen and oxygen atoms in total. The lowest BCUT2D eigenvalue weighted by Gasteiger charge is -2.15. The number of nitrogens with zero attached hydrogens (tertiary/aromatic N) is 1. The van der Waals surface area contributed by atoms with Gasteiger partial charge in [-0.25, -0.2) is 4.98 Å². The monoisotopic (exact) mass is 227 g/mol. The molecule has 0 fully saturated rings. The molecule has 0 radical (unpaired) electrons. The number of aldehydes is 1. The van der Waals surface area contributed by atoms with Crippen LogP contribution < -0.4 is 4.74 Å². The van der Waals surface area contributed by atoms with Crippen LogP contribution in [0.25, 0.3) is 0 Å². The molecule has 0 amide bonds. The van der Waals surface area contributed by atoms with Crippen molar-refractivity contribution in [2.45, 2.75) is 13.0 Å². The zero-order valence-electron chi connectivity index (χ0n) is 9.54. The summed E-state index contributed by atoms with van der Waals surface area (Å²) in [5.41, 5.74) is 1.39. The van der Waals surface area contributed by atoms with Crippen molar-refractivity contribution in [3.05, 3.63) is 59.9 Å². The van der Waals surface area contributed by atoms with Crippen molar-refractivity contribution < 1.29 is 9.53 Å². The largest absolute Gasteiger partial charge is 0.484 e. The average Bonchev–Trinajstić information content (AvgIpc) is 2.40. The van der Waals surface area contributed by atoms with Crippen LogP contribution in [0.1, 0.15) is 29.1 Å². The van der Waals surface area contributed by atoms with Gasteiger partial charge >= 0.3 is 0 Å². The molecule has 2 rings (SSSR count). The topological polar surface area (TPSA) is 39.2 Å². The van der Waals surface area contributed by atoms with Crippen molar-refractivity contribution in [1.29, 1.82) is 0 Å². The highest BCUT2D eigenvalue weighted by Gasteiger charge is 2.09. The van der Waals surface area contributed by atoms with Crippen molar-refractivity contribution in [1.82, 2.24) is 4.98 Å². The van der Waals surface area contributed by atoms with E-state index in [9.17, 15) is 4.79 Å². The van der Waals surface area contributed by atoms with E-state index >= 15 is 0 Å². The second kappa shape index (κ2) is 5.25. The molecule has 1 aromatic heterocycles. The van der Waals surface area contributed by atoms with Gasteiger partial charge < -0.3 is 4.74 Å². The molecule has 17 heavy (non-hydrogen) atoms. The molecule has 0 spiro atoms. The summed E-state index contributed by atoms with van der Waals surface area (Å²) in [5, 5.41) is 0. The smallest absolute Gasteiger partial charge is 0.172 e. The molecule has 1 heterocycles. The molecule has 0 saturated carbocycles. The van der Waals surface area contributed by atoms with Gasteiger partial charge in [-0.3, -0.25) is 4.79 Å². The molecule has 0 bridgehead atoms. The van der Waals surface area contributed by atoms with E-state index in [1.54, 1.807) is 18.3 Å². The maximum atomic E-state index is 10.8. The minimum absolute atomic E-state index is 0.112. The minimum Gasteiger partial charge on any atom is -0.484 e. The molecule has 0 N–H and O–H groups in total. The molecule has 1 atom stereocenters. The molecule has 86 valence electrons. The summed E-state index contributed by atoms with van der Waals surface area (Å²) in [6.45, 7) is 1.94. The van der Waals surface area contributed by atoms with E-state index in [0.717, 1.165) is 5.56 Å². The van der Waals surface area contributed by atoms with Crippen LogP contribution in [0.15, 0.2) is 48.7 Å². The van der Waals surface area contributed by atoms with Gasteiger partial charge in [0.15, 0.2) is 6.29 Å². The highest BCUT2D eigenvalue weighted by atomic mass is 16.5. The lowest BCUT2D eigenvalue weighted by molar-refractivity contribution is 0.111. The summed E-state index contributed by atoms with van der Waals surface area (Å²) in [4.78, 5) is 14.8. The van der Waals surface area contributed by atoms with Crippen molar-refractivity contribution in [3.63, 3.8) is 0 Å². The van der Waals surface area contributed by atoms with Gasteiger partial charge in [0.2, 0.25) is 0 Å². The number of carbonyl (C=O) groups excluding carboxylic acids is 1. The number of benzene rings is 1. The van der Waals surface area contributed by atoms with Crippen molar-refractivity contribution in [2.24, 2.45) is 0 Å². The highest BCUT2D eigenvalue weighted by molar-refractivity contribution is 5.76. The van der Waals surface area contributed by atoms with Crippen LogP contribution in [0.5, 0.6) is 5.75 Å². The minimum atomic E-state index is -0.112. The summed E-state index contributed by atoms with van der Waals surface area (Å²) in [7, 11) is 0. The first-order valence-electron chi connectivity index (χ1n) is 5.43. The Hall–Kier alpha value is -2.16. The van der Waals surface area contributed by atoms with E-state index in [-0.39, 0.29) is 6.10 Å². The maximum absolute atomic E-state index is 10.8. The van der Waals surface area contributed by atoms with Gasteiger partial charge in [-0.2, -0.15) is 0 Å². The van der Waals surface area contributed by atoms with Crippen molar-refractivity contribution in [2.75, 3.05) is 0 Å². The van der Waals surface area contributed by atoms with E-state index in [0.29, 0.717) is 17.7 Å². The van der Waals surface area contributed by atoms with Crippen LogP contribution >= 0.6 is 0 Å². The molecule has 0 aliphatic heterocycles. The third-order valence-corrected chi connectivity index (χ3v) is 2.48. The number of hydrogen-bond acceptors (Lipinski definition) is 3. The number of pyridine rings is 1. The Morgan fingerprint density at radius 1 is 1.18 bits per heavy atom. The molecule has 1 aromatic carbocycles. The fourth-order valence-electron chi connectivity index (χ4n) is 1.57. The van der Waals surface area contributed by atoms with Gasteiger partial charge in [0.05, 0.1) is 0 Å². The van der Waals surface area contributed by atoms with Gasteiger partial charge in [-0.05, 0) is 24.6 Å². The third-order valence-electron chi connectivity index (χ3n) is 2.48. The standard InChI is InChI=1S/C14H13NO2/c1-11(12-6-3-2-4-7-12)17-14-8-5-9-15-13(14)10-16/h2-11H,1H3/t11-/m1/s1. The second-order valence-corrected chi connectivity index (χ2v) is 3.68. The Labute approximate surface area is 100 Å². The van der Waals surface area contributed by atoms with Crippen LogP contribution in [0, 0.1) is 0 Å². The Kier molecular flexibility index (Phi) is 3.50. The zero-order chi connectivity index (χ0) is 12.1. The summed E-state index contributed by atoms with van der Waals surface area (Å²) >= 11 is 0. The van der Waals surface area contributed by atoms with Gasteiger partial charge in [0.25, 0.3) is 0 Å². The van der Waals surface area contributed by atoms with E-state index in [2.05, 4.69) is 4.98 Å². The Bertz CT molecular complexity index is 497. The summed E-state index contributed by atoms with van der Waals surface area (Å²) < 4.78 is 5.73. The average molecular weight is 227 g/mol. The van der Waals surface area contributed by atoms with E-state index in [1.807, 2.05) is 37.3 Å². The zero-order valence-corrected chi connectivity index (χ0v) is 9.54. The van der Waals surface area contributed by atoms with E-state index in [1.165, 1.54) is 0 Å². The SMILES string of the molecule is C[C@@H](Oc1cccnc1C=O)c1ccccc1. The van der Waals surface area contributed by atoms with Gasteiger partial charge in [0.1, 0.15) is 17.5 Å². The summed E-state index contributed by atoms with van der Waals surface area (Å²) in [6.07, 6.45) is 2.16. The van der Waals surface area contributed by atoms with Gasteiger partial charge in [0, 0.05) is 6.20 Å². The van der Waals surface area contributed by atoms with Crippen LogP contribution in [-0.2, 0) is 0 Å². The van der Waals surface area contributed by atoms with Crippen LogP contribution in [0.4, 0.5) is 0 Å². The third kappa shape index (κ3) is 2.69. The molecule has 0 aliphatic rings. The van der Waals surface area contributed by atoms with Crippen molar-refractivity contribution >= 4 is 6.29 Å². The first-order valence-corrected chi connectivity index (χ1v) is 5.43. The fourth-order valence-corrected chi connectivity index (χ4v) is 1.57. The Morgan fingerprint density at radius 2 is 1.94 bits per heavy atom. The van der Waals surface area contributed by atoms with Gasteiger partial charge in [-0.1, -0.05) is 30.3 Å². The molecule has 0 aliphatic carbocycles. The highest BCUT2D eigenvalue weighted by Crippen LogP contribution is 2.22. The molecule has 3 heteroatoms. The Balaban J connectivity index is 2.18. The maximum Gasteiger partial charge on any atom is 0.172 e. The quantitative estimate of drug-likeness (QED) is 0.753. The first-order chi connectivity index (χ1) is 8.31. The number of ether oxygens (including phenoxy) is 1. The predicted octanol–water partition coefficient (Wildman–Crippen LogP) is 3.03. The first kappa shape index (κ1) is 11.3. The van der Waals surface area contributed by atoms with E-state index < -0.39 is 0 Å². The molecule has 0 saturated heterocycles. The summed E-state index contributed by atoms with van der Waals surface area (Å²) in [5.74, 6) is 0.513. The van der Waals surface area contributed by atoms with Crippen molar-refractivity contribution in [3.8, 4) is 5.75 Å². The Morgan fingerprint density at radius 3 is 2.65 bits per heavy atom. The number of aromatic nitrogens is 1. The number of carbonyl (C=O) groups is 1. The lowest BCUT2D eigenvalue weighted by Crippen LogP contribution is -2.05. The van der Waals surface area contributed by atoms with E-state index in [4.69, 9.17) is 4.74 Å². The second-order valence-electron chi connectivity index (χ2n) is 3.68. The fraction of sp³-hybridized carbons (Fsp3) is 0.143. The van der Waals surface area contributed by atoms with Crippen LogP contribution in [0.2, 0.25) is 0 Å². The molecule has 0 unspecified atom stereocenters. The molecule has 2 aromatic rings. The van der Waals surface area contributed by atoms with Crippen LogP contribution in [0.3, 0.4) is 0 Å². The normalized spacial score (nSPS) is 11.8. The molecular weight excluding hydrogens is 214 g/mol.